The van der Waals surface area contributed by atoms with Gasteiger partial charge in [-0.25, -0.2) is 9.37 Å². The van der Waals surface area contributed by atoms with Gasteiger partial charge in [0.2, 0.25) is 17.5 Å². The molecule has 1 aliphatic carbocycles. The minimum atomic E-state index is -4.29. The Labute approximate surface area is 360 Å². The normalized spacial score (nSPS) is 12.8. The van der Waals surface area contributed by atoms with Crippen molar-refractivity contribution in [2.24, 2.45) is 0 Å². The number of benzene rings is 2. The van der Waals surface area contributed by atoms with Crippen molar-refractivity contribution in [1.29, 1.82) is 0 Å². The van der Waals surface area contributed by atoms with Crippen molar-refractivity contribution in [1.82, 2.24) is 4.73 Å². The molecule has 0 spiro atoms. The Hall–Kier alpha value is -6.10. The van der Waals surface area contributed by atoms with Gasteiger partial charge in [0.15, 0.2) is 0 Å². The number of allylic oxidation sites excluding steroid dienone is 2. The number of carbonyl (C=O) groups excluding carboxylic acids is 1. The molecule has 0 radical (unpaired) electrons. The van der Waals surface area contributed by atoms with Gasteiger partial charge in [-0.15, -0.1) is 4.73 Å². The summed E-state index contributed by atoms with van der Waals surface area (Å²) in [7, 11) is 5.16. The van der Waals surface area contributed by atoms with E-state index in [1.165, 1.54) is 54.8 Å². The van der Waals surface area contributed by atoms with Crippen LogP contribution < -0.4 is 33.6 Å². The lowest BCUT2D eigenvalue weighted by molar-refractivity contribution is -0.496. The molecule has 1 heterocycles. The fraction of sp³-hybridized carbons (Fsp3) is 0.400. The van der Waals surface area contributed by atoms with E-state index in [9.17, 15) is 40.9 Å². The molecule has 1 aromatic heterocycles. The summed E-state index contributed by atoms with van der Waals surface area (Å²) in [4.78, 5) is 20.8. The largest absolute Gasteiger partial charge is 0.496 e. The van der Waals surface area contributed by atoms with Crippen LogP contribution in [0.4, 0.5) is 11.4 Å². The minimum absolute atomic E-state index is 0.0626. The van der Waals surface area contributed by atoms with E-state index in [2.05, 4.69) is 0 Å². The monoisotopic (exact) mass is 909 g/mol. The van der Waals surface area contributed by atoms with Gasteiger partial charge in [0.25, 0.3) is 20.2 Å². The van der Waals surface area contributed by atoms with Crippen molar-refractivity contribution in [3.05, 3.63) is 76.8 Å². The summed E-state index contributed by atoms with van der Waals surface area (Å²) < 4.78 is 104. The quantitative estimate of drug-likeness (QED) is 0.0887. The zero-order valence-electron chi connectivity index (χ0n) is 35.9. The Morgan fingerprint density at radius 2 is 1.06 bits per heavy atom. The molecule has 4 rings (SSSR count). The summed E-state index contributed by atoms with van der Waals surface area (Å²) in [6.07, 6.45) is 3.74. The molecule has 0 amide bonds. The molecule has 4 N–H and O–H groups in total. The summed E-state index contributed by atoms with van der Waals surface area (Å²) in [6.45, 7) is 0.185. The van der Waals surface area contributed by atoms with Gasteiger partial charge in [0, 0.05) is 87.0 Å². The van der Waals surface area contributed by atoms with Crippen LogP contribution in [0.1, 0.15) is 24.0 Å². The topological polar surface area (TPSA) is 245 Å². The van der Waals surface area contributed by atoms with Crippen molar-refractivity contribution in [3.8, 4) is 34.8 Å². The molecule has 0 atom stereocenters. The number of ether oxygens (including phenoxy) is 6. The van der Waals surface area contributed by atoms with E-state index in [4.69, 9.17) is 33.3 Å². The standard InChI is InChI=1S/C40H52N4O16S2/c1-41(14-10-11-36(47)60-44-34(45)12-13-35(44)46)25-19-28(54-4)37(29(20-25)55-5)40(38-30(56-6)21-26(22-31(38)57-7)42(2)15-17-61(48,49)50)39-32(58-8)23-27(24-33(39)59-9)43(3)16-18-62(51,52)53/h12-13,19-24H,10-11,14-18H2,1-9H3,(H3-,45,46,48,49,50,51,52,53)/p+1. The molecule has 0 unspecified atom stereocenters. The molecule has 0 saturated carbocycles. The number of hydrogen-bond donors (Lipinski definition) is 4. The van der Waals surface area contributed by atoms with Gasteiger partial charge in [-0.05, 0) is 0 Å². The molecule has 20 nitrogen and oxygen atoms in total. The Morgan fingerprint density at radius 3 is 1.40 bits per heavy atom. The first-order valence-corrected chi connectivity index (χ1v) is 21.9. The van der Waals surface area contributed by atoms with Gasteiger partial charge in [0.1, 0.15) is 48.1 Å². The molecule has 1 aliphatic rings. The van der Waals surface area contributed by atoms with Crippen molar-refractivity contribution >= 4 is 48.9 Å². The Bertz CT molecular complexity index is 2290. The number of rotatable bonds is 21. The van der Waals surface area contributed by atoms with E-state index in [0.717, 1.165) is 0 Å². The first-order chi connectivity index (χ1) is 29.2. The number of methoxy groups -OCH3 is 6. The molecule has 2 aromatic carbocycles. The molecule has 3 aromatic rings. The molecule has 0 aliphatic heterocycles. The molecule has 22 heteroatoms. The van der Waals surface area contributed by atoms with Crippen molar-refractivity contribution in [2.75, 3.05) is 105 Å². The zero-order chi connectivity index (χ0) is 46.1. The minimum Gasteiger partial charge on any atom is -0.496 e. The Morgan fingerprint density at radius 1 is 0.677 bits per heavy atom. The highest BCUT2D eigenvalue weighted by Crippen LogP contribution is 2.51. The third-order valence-corrected chi connectivity index (χ3v) is 11.2. The first-order valence-electron chi connectivity index (χ1n) is 18.7. The maximum Gasteiger partial charge on any atom is 0.333 e. The molecule has 0 saturated heterocycles. The molecule has 0 bridgehead atoms. The maximum absolute atomic E-state index is 12.6. The van der Waals surface area contributed by atoms with Gasteiger partial charge >= 0.3 is 5.97 Å². The molecule has 62 heavy (non-hydrogen) atoms. The molecular weight excluding hydrogens is 857 g/mol. The first kappa shape index (κ1) is 48.6. The number of aromatic hydroxyl groups is 2. The summed E-state index contributed by atoms with van der Waals surface area (Å²) in [5.41, 5.74) is 2.98. The van der Waals surface area contributed by atoms with Crippen LogP contribution in [0.25, 0.3) is 5.57 Å². The second-order valence-corrected chi connectivity index (χ2v) is 16.9. The van der Waals surface area contributed by atoms with Crippen molar-refractivity contribution in [3.63, 3.8) is 0 Å². The highest BCUT2D eigenvalue weighted by Gasteiger charge is 2.34. The zero-order valence-corrected chi connectivity index (χ0v) is 37.5. The average Bonchev–Trinajstić information content (AvgIpc) is 3.55. The predicted molar refractivity (Wildman–Crippen MR) is 229 cm³/mol. The smallest absolute Gasteiger partial charge is 0.333 e. The second-order valence-electron chi connectivity index (χ2n) is 13.8. The highest BCUT2D eigenvalue weighted by atomic mass is 32.2. The lowest BCUT2D eigenvalue weighted by Crippen LogP contribution is -2.25. The molecule has 0 fully saturated rings. The Kier molecular flexibility index (Phi) is 16.2. The van der Waals surface area contributed by atoms with Gasteiger partial charge < -0.3 is 53.3 Å². The second kappa shape index (κ2) is 20.6. The number of hydrogen-bond acceptors (Lipinski definition) is 16. The Balaban J connectivity index is 1.99. The van der Waals surface area contributed by atoms with Crippen molar-refractivity contribution in [2.45, 2.75) is 12.8 Å². The molecule has 340 valence electrons. The van der Waals surface area contributed by atoms with E-state index in [1.54, 1.807) is 67.4 Å². The summed E-state index contributed by atoms with van der Waals surface area (Å²) >= 11 is 0. The number of nitrogens with zero attached hydrogens (tertiary/aromatic N) is 4. The van der Waals surface area contributed by atoms with Crippen LogP contribution in [0.2, 0.25) is 0 Å². The van der Waals surface area contributed by atoms with Crippen molar-refractivity contribution < 1.29 is 78.8 Å². The van der Waals surface area contributed by atoms with E-state index >= 15 is 0 Å². The van der Waals surface area contributed by atoms with Crippen LogP contribution in [-0.4, -0.2) is 152 Å². The fourth-order valence-corrected chi connectivity index (χ4v) is 7.47. The predicted octanol–water partition coefficient (Wildman–Crippen LogP) is 2.98. The van der Waals surface area contributed by atoms with Crippen LogP contribution >= 0.6 is 0 Å². The van der Waals surface area contributed by atoms with Crippen LogP contribution in [0, 0.1) is 0 Å². The van der Waals surface area contributed by atoms with Gasteiger partial charge in [-0.2, -0.15) is 16.8 Å². The molecular formula is C40H53N4O16S2+. The maximum atomic E-state index is 12.6. The van der Waals surface area contributed by atoms with Gasteiger partial charge in [-0.3, -0.25) is 9.11 Å². The number of anilines is 2. The van der Waals surface area contributed by atoms with Crippen LogP contribution in [0.15, 0.2) is 65.6 Å². The van der Waals surface area contributed by atoms with E-state index < -0.39 is 49.5 Å². The van der Waals surface area contributed by atoms with Crippen LogP contribution in [-0.2, 0) is 34.5 Å². The van der Waals surface area contributed by atoms with Crippen LogP contribution in [0.5, 0.6) is 34.8 Å². The number of carbonyl (C=O) groups is 1. The van der Waals surface area contributed by atoms with E-state index in [1.807, 2.05) is 4.58 Å². The summed E-state index contributed by atoms with van der Waals surface area (Å²) in [5.74, 6) is -1.12. The van der Waals surface area contributed by atoms with Gasteiger partial charge in [0.05, 0.1) is 89.4 Å². The van der Waals surface area contributed by atoms with Gasteiger partial charge in [-0.1, -0.05) is 0 Å². The third kappa shape index (κ3) is 11.8. The van der Waals surface area contributed by atoms with E-state index in [0.29, 0.717) is 57.1 Å². The number of aromatic nitrogens is 1. The third-order valence-electron chi connectivity index (χ3n) is 9.78. The lowest BCUT2D eigenvalue weighted by atomic mass is 9.86. The lowest BCUT2D eigenvalue weighted by Gasteiger charge is -2.28. The fourth-order valence-electron chi connectivity index (χ4n) is 6.46. The van der Waals surface area contributed by atoms with E-state index in [-0.39, 0.29) is 54.0 Å². The highest BCUT2D eigenvalue weighted by molar-refractivity contribution is 7.86. The van der Waals surface area contributed by atoms with Crippen LogP contribution in [0.3, 0.4) is 0 Å². The SMILES string of the molecule is COC1=CC(=[N+](C)CCCC(=O)On2c(O)ccc2O)C=C(OC)C1=C(c1c(OC)cc(N(C)CCS(=O)(=O)O)cc1OC)c1c(OC)cc(N(C)CCS(=O)(=O)O)cc1OC. The summed E-state index contributed by atoms with van der Waals surface area (Å²) in [6, 6.07) is 8.98. The average molecular weight is 910 g/mol. The summed E-state index contributed by atoms with van der Waals surface area (Å²) in [5, 5.41) is 19.7.